The van der Waals surface area contributed by atoms with Crippen molar-refractivity contribution in [1.29, 1.82) is 0 Å². The second-order valence-electron chi connectivity index (χ2n) is 5.06. The fraction of sp³-hybridized carbons (Fsp3) is 0.250. The van der Waals surface area contributed by atoms with E-state index in [4.69, 9.17) is 5.11 Å². The van der Waals surface area contributed by atoms with Gasteiger partial charge in [-0.15, -0.1) is 0 Å². The molecule has 4 nitrogen and oxygen atoms in total. The molecule has 0 fully saturated rings. The maximum Gasteiger partial charge on any atom is 0.175 e. The van der Waals surface area contributed by atoms with Crippen molar-refractivity contribution in [3.8, 4) is 0 Å². The molecule has 2 aromatic carbocycles. The van der Waals surface area contributed by atoms with Crippen LogP contribution in [0.2, 0.25) is 0 Å². The second kappa shape index (κ2) is 6.28. The van der Waals surface area contributed by atoms with Gasteiger partial charge < -0.3 is 10.4 Å². The van der Waals surface area contributed by atoms with Crippen molar-refractivity contribution in [3.63, 3.8) is 0 Å². The zero-order valence-electron chi connectivity index (χ0n) is 12.1. The van der Waals surface area contributed by atoms with Crippen molar-refractivity contribution in [3.05, 3.63) is 59.7 Å². The first-order chi connectivity index (χ1) is 9.90. The molecule has 5 heteroatoms. The Hall–Kier alpha value is -1.85. The Kier molecular flexibility index (Phi) is 4.65. The summed E-state index contributed by atoms with van der Waals surface area (Å²) in [6.45, 7) is 2.04. The Balaban J connectivity index is 2.10. The van der Waals surface area contributed by atoms with Gasteiger partial charge in [0, 0.05) is 18.0 Å². The minimum Gasteiger partial charge on any atom is -0.392 e. The van der Waals surface area contributed by atoms with Crippen molar-refractivity contribution in [2.24, 2.45) is 0 Å². The maximum absolute atomic E-state index is 11.4. The first-order valence-electron chi connectivity index (χ1n) is 6.66. The lowest BCUT2D eigenvalue weighted by molar-refractivity contribution is 0.282. The molecule has 1 atom stereocenters. The molecule has 0 amide bonds. The van der Waals surface area contributed by atoms with Crippen LogP contribution >= 0.6 is 0 Å². The van der Waals surface area contributed by atoms with Gasteiger partial charge in [0.05, 0.1) is 11.5 Å². The van der Waals surface area contributed by atoms with Gasteiger partial charge in [-0.05, 0) is 42.3 Å². The first-order valence-corrected chi connectivity index (χ1v) is 8.55. The molecule has 0 aromatic heterocycles. The third-order valence-corrected chi connectivity index (χ3v) is 4.46. The Morgan fingerprint density at radius 1 is 1.05 bits per heavy atom. The highest BCUT2D eigenvalue weighted by atomic mass is 32.2. The number of aliphatic hydroxyl groups is 1. The molecule has 0 saturated carbocycles. The van der Waals surface area contributed by atoms with Gasteiger partial charge in [-0.2, -0.15) is 0 Å². The molecule has 0 aliphatic rings. The van der Waals surface area contributed by atoms with Crippen molar-refractivity contribution in [2.45, 2.75) is 24.5 Å². The highest BCUT2D eigenvalue weighted by Gasteiger charge is 2.09. The Labute approximate surface area is 125 Å². The highest BCUT2D eigenvalue weighted by Crippen LogP contribution is 2.21. The smallest absolute Gasteiger partial charge is 0.175 e. The number of anilines is 1. The molecular weight excluding hydrogens is 286 g/mol. The van der Waals surface area contributed by atoms with Gasteiger partial charge in [-0.1, -0.05) is 24.3 Å². The van der Waals surface area contributed by atoms with E-state index in [0.29, 0.717) is 4.90 Å². The molecule has 0 aliphatic heterocycles. The van der Waals surface area contributed by atoms with Crippen LogP contribution in [0, 0.1) is 0 Å². The van der Waals surface area contributed by atoms with Gasteiger partial charge in [0.1, 0.15) is 0 Å². The van der Waals surface area contributed by atoms with E-state index >= 15 is 0 Å². The zero-order valence-corrected chi connectivity index (χ0v) is 12.9. The van der Waals surface area contributed by atoms with Crippen molar-refractivity contribution in [1.82, 2.24) is 0 Å². The molecule has 112 valence electrons. The molecule has 0 aliphatic carbocycles. The summed E-state index contributed by atoms with van der Waals surface area (Å²) in [6.07, 6.45) is 1.20. The molecule has 0 spiro atoms. The average molecular weight is 305 g/mol. The quantitative estimate of drug-likeness (QED) is 0.891. The normalized spacial score (nSPS) is 12.9. The molecule has 21 heavy (non-hydrogen) atoms. The molecule has 2 aromatic rings. The maximum atomic E-state index is 11.4. The van der Waals surface area contributed by atoms with Crippen LogP contribution in [-0.2, 0) is 16.4 Å². The van der Waals surface area contributed by atoms with Crippen LogP contribution in [0.15, 0.2) is 53.4 Å². The highest BCUT2D eigenvalue weighted by molar-refractivity contribution is 7.90. The molecule has 0 saturated heterocycles. The van der Waals surface area contributed by atoms with E-state index in [0.717, 1.165) is 16.8 Å². The zero-order chi connectivity index (χ0) is 15.5. The van der Waals surface area contributed by atoms with E-state index in [1.165, 1.54) is 6.26 Å². The molecule has 1 unspecified atom stereocenters. The lowest BCUT2D eigenvalue weighted by Crippen LogP contribution is -2.07. The van der Waals surface area contributed by atoms with Crippen LogP contribution in [0.4, 0.5) is 5.69 Å². The molecule has 2 N–H and O–H groups in total. The van der Waals surface area contributed by atoms with Gasteiger partial charge in [0.25, 0.3) is 0 Å². The number of sulfone groups is 1. The van der Waals surface area contributed by atoms with Gasteiger partial charge in [-0.3, -0.25) is 0 Å². The summed E-state index contributed by atoms with van der Waals surface area (Å²) < 4.78 is 22.9. The average Bonchev–Trinajstić information content (AvgIpc) is 2.47. The Morgan fingerprint density at radius 3 is 2.10 bits per heavy atom. The molecule has 0 heterocycles. The molecule has 2 rings (SSSR count). The van der Waals surface area contributed by atoms with Crippen LogP contribution in [0.5, 0.6) is 0 Å². The van der Waals surface area contributed by atoms with E-state index in [-0.39, 0.29) is 12.6 Å². The van der Waals surface area contributed by atoms with Crippen LogP contribution in [0.25, 0.3) is 0 Å². The van der Waals surface area contributed by atoms with E-state index in [1.807, 2.05) is 43.3 Å². The van der Waals surface area contributed by atoms with E-state index in [2.05, 4.69) is 5.32 Å². The van der Waals surface area contributed by atoms with Crippen molar-refractivity contribution < 1.29 is 13.5 Å². The Bertz CT molecular complexity index is 691. The van der Waals surface area contributed by atoms with E-state index < -0.39 is 9.84 Å². The van der Waals surface area contributed by atoms with E-state index in [9.17, 15) is 8.42 Å². The predicted molar refractivity (Wildman–Crippen MR) is 84.0 cm³/mol. The van der Waals surface area contributed by atoms with Crippen LogP contribution in [0.3, 0.4) is 0 Å². The number of rotatable bonds is 5. The summed E-state index contributed by atoms with van der Waals surface area (Å²) in [7, 11) is -3.16. The molecule has 0 radical (unpaired) electrons. The van der Waals surface area contributed by atoms with Gasteiger partial charge in [0.2, 0.25) is 0 Å². The third kappa shape index (κ3) is 4.06. The third-order valence-electron chi connectivity index (χ3n) is 3.33. The summed E-state index contributed by atoms with van der Waals surface area (Å²) in [5.41, 5.74) is 2.83. The number of hydrogen-bond donors (Lipinski definition) is 2. The summed E-state index contributed by atoms with van der Waals surface area (Å²) in [4.78, 5) is 0.325. The van der Waals surface area contributed by atoms with Crippen LogP contribution in [-0.4, -0.2) is 19.8 Å². The van der Waals surface area contributed by atoms with Crippen molar-refractivity contribution in [2.75, 3.05) is 11.6 Å². The molecule has 0 bridgehead atoms. The largest absolute Gasteiger partial charge is 0.392 e. The monoisotopic (exact) mass is 305 g/mol. The summed E-state index contributed by atoms with van der Waals surface area (Å²) in [6, 6.07) is 14.5. The standard InChI is InChI=1S/C16H19NO3S/c1-12(17-15-7-3-13(11-18)4-8-15)14-5-9-16(10-6-14)21(2,19)20/h3-10,12,17-18H,11H2,1-2H3. The first kappa shape index (κ1) is 15.5. The van der Waals surface area contributed by atoms with Crippen LogP contribution in [0.1, 0.15) is 24.1 Å². The second-order valence-corrected chi connectivity index (χ2v) is 7.08. The fourth-order valence-electron chi connectivity index (χ4n) is 2.04. The van der Waals surface area contributed by atoms with Gasteiger partial charge in [-0.25, -0.2) is 8.42 Å². The minimum atomic E-state index is -3.16. The number of nitrogens with one attached hydrogen (secondary N) is 1. The summed E-state index contributed by atoms with van der Waals surface area (Å²) >= 11 is 0. The molecular formula is C16H19NO3S. The lowest BCUT2D eigenvalue weighted by atomic mass is 10.1. The summed E-state index contributed by atoms with van der Waals surface area (Å²) in [5.74, 6) is 0. The topological polar surface area (TPSA) is 66.4 Å². The summed E-state index contributed by atoms with van der Waals surface area (Å²) in [5, 5.41) is 12.3. The lowest BCUT2D eigenvalue weighted by Gasteiger charge is -2.16. The van der Waals surface area contributed by atoms with Gasteiger partial charge >= 0.3 is 0 Å². The fourth-order valence-corrected chi connectivity index (χ4v) is 2.67. The van der Waals surface area contributed by atoms with E-state index in [1.54, 1.807) is 12.1 Å². The Morgan fingerprint density at radius 2 is 1.62 bits per heavy atom. The predicted octanol–water partition coefficient (Wildman–Crippen LogP) is 2.76. The number of benzene rings is 2. The van der Waals surface area contributed by atoms with Crippen LogP contribution < -0.4 is 5.32 Å². The number of aliphatic hydroxyl groups excluding tert-OH is 1. The number of hydrogen-bond acceptors (Lipinski definition) is 4. The minimum absolute atomic E-state index is 0.0305. The van der Waals surface area contributed by atoms with Crippen molar-refractivity contribution >= 4 is 15.5 Å². The van der Waals surface area contributed by atoms with Gasteiger partial charge in [0.15, 0.2) is 9.84 Å². The SMILES string of the molecule is CC(Nc1ccc(CO)cc1)c1ccc(S(C)(=O)=O)cc1.